The van der Waals surface area contributed by atoms with Gasteiger partial charge in [-0.2, -0.15) is 5.26 Å². The topological polar surface area (TPSA) is 59.3 Å². The van der Waals surface area contributed by atoms with Crippen molar-refractivity contribution < 1.29 is 14.3 Å². The smallest absolute Gasteiger partial charge is 0.338 e. The molecule has 4 nitrogen and oxygen atoms in total. The Balaban J connectivity index is 1.85. The van der Waals surface area contributed by atoms with Crippen LogP contribution in [-0.2, 0) is 4.74 Å². The van der Waals surface area contributed by atoms with E-state index in [1.54, 1.807) is 31.4 Å². The molecule has 0 aromatic heterocycles. The molecule has 1 aliphatic rings. The van der Waals surface area contributed by atoms with E-state index in [-0.39, 0.29) is 17.5 Å². The van der Waals surface area contributed by atoms with Crippen LogP contribution in [0.25, 0.3) is 0 Å². The van der Waals surface area contributed by atoms with Gasteiger partial charge in [-0.15, -0.1) is 0 Å². The SMILES string of the molecule is CCCCC[C@]1(C#N)CC[C@@H](OC(=O)c2ccc(OC)cc2)CC1. The number of esters is 1. The molecule has 1 aliphatic carbocycles. The maximum atomic E-state index is 12.2. The van der Waals surface area contributed by atoms with Crippen molar-refractivity contribution in [1.29, 1.82) is 5.26 Å². The maximum absolute atomic E-state index is 12.2. The van der Waals surface area contributed by atoms with E-state index in [9.17, 15) is 10.1 Å². The van der Waals surface area contributed by atoms with Crippen LogP contribution in [0.15, 0.2) is 24.3 Å². The third kappa shape index (κ3) is 4.74. The maximum Gasteiger partial charge on any atom is 0.338 e. The van der Waals surface area contributed by atoms with Gasteiger partial charge in [0.2, 0.25) is 0 Å². The molecule has 1 aromatic carbocycles. The van der Waals surface area contributed by atoms with Crippen LogP contribution in [0.4, 0.5) is 0 Å². The molecule has 130 valence electrons. The molecule has 0 unspecified atom stereocenters. The highest BCUT2D eigenvalue weighted by molar-refractivity contribution is 5.89. The van der Waals surface area contributed by atoms with Gasteiger partial charge < -0.3 is 9.47 Å². The number of hydrogen-bond donors (Lipinski definition) is 0. The molecule has 0 radical (unpaired) electrons. The van der Waals surface area contributed by atoms with Gasteiger partial charge in [-0.3, -0.25) is 0 Å². The molecule has 4 heteroatoms. The standard InChI is InChI=1S/C20H27NO3/c1-3-4-5-12-20(15-21)13-10-18(11-14-20)24-19(22)16-6-8-17(23-2)9-7-16/h6-9,18H,3-5,10-14H2,1-2H3/t18-,20+. The van der Waals surface area contributed by atoms with Gasteiger partial charge >= 0.3 is 5.97 Å². The van der Waals surface area contributed by atoms with Crippen molar-refractivity contribution in [2.75, 3.05) is 7.11 Å². The second kappa shape index (κ2) is 8.73. The first-order valence-electron chi connectivity index (χ1n) is 8.89. The van der Waals surface area contributed by atoms with Crippen molar-refractivity contribution in [1.82, 2.24) is 0 Å². The molecule has 0 N–H and O–H groups in total. The van der Waals surface area contributed by atoms with Crippen LogP contribution >= 0.6 is 0 Å². The highest BCUT2D eigenvalue weighted by Gasteiger charge is 2.36. The predicted octanol–water partition coefficient (Wildman–Crippen LogP) is 4.88. The average Bonchev–Trinajstić information content (AvgIpc) is 2.63. The van der Waals surface area contributed by atoms with Crippen molar-refractivity contribution in [3.8, 4) is 11.8 Å². The summed E-state index contributed by atoms with van der Waals surface area (Å²) in [4.78, 5) is 12.2. The number of nitriles is 1. The molecule has 24 heavy (non-hydrogen) atoms. The van der Waals surface area contributed by atoms with Crippen LogP contribution in [0, 0.1) is 16.7 Å². The van der Waals surface area contributed by atoms with Gasteiger partial charge in [-0.05, 0) is 56.4 Å². The summed E-state index contributed by atoms with van der Waals surface area (Å²) < 4.78 is 10.7. The Bertz CT molecular complexity index is 566. The first kappa shape index (κ1) is 18.3. The molecule has 1 saturated carbocycles. The molecule has 2 rings (SSSR count). The number of hydrogen-bond acceptors (Lipinski definition) is 4. The van der Waals surface area contributed by atoms with Crippen LogP contribution in [0.1, 0.15) is 68.6 Å². The van der Waals surface area contributed by atoms with E-state index in [4.69, 9.17) is 9.47 Å². The second-order valence-electron chi connectivity index (χ2n) is 6.68. The zero-order chi connectivity index (χ0) is 17.4. The van der Waals surface area contributed by atoms with Gasteiger partial charge in [0, 0.05) is 0 Å². The summed E-state index contributed by atoms with van der Waals surface area (Å²) in [7, 11) is 1.59. The van der Waals surface area contributed by atoms with Crippen molar-refractivity contribution in [2.24, 2.45) is 5.41 Å². The van der Waals surface area contributed by atoms with Crippen molar-refractivity contribution >= 4 is 5.97 Å². The summed E-state index contributed by atoms with van der Waals surface area (Å²) in [5, 5.41) is 9.57. The summed E-state index contributed by atoms with van der Waals surface area (Å²) in [6, 6.07) is 9.49. The number of ether oxygens (including phenoxy) is 2. The Labute approximate surface area is 144 Å². The van der Waals surface area contributed by atoms with Gasteiger partial charge in [0.05, 0.1) is 24.2 Å². The Hall–Kier alpha value is -2.02. The minimum absolute atomic E-state index is 0.0766. The summed E-state index contributed by atoms with van der Waals surface area (Å²) >= 11 is 0. The van der Waals surface area contributed by atoms with Gasteiger partial charge in [0.1, 0.15) is 11.9 Å². The van der Waals surface area contributed by atoms with Gasteiger partial charge in [-0.25, -0.2) is 4.79 Å². The quantitative estimate of drug-likeness (QED) is 0.528. The lowest BCUT2D eigenvalue weighted by atomic mass is 9.71. The predicted molar refractivity (Wildman–Crippen MR) is 92.9 cm³/mol. The van der Waals surface area contributed by atoms with Crippen LogP contribution in [-0.4, -0.2) is 19.2 Å². The van der Waals surface area contributed by atoms with Crippen LogP contribution in [0.2, 0.25) is 0 Å². The fourth-order valence-electron chi connectivity index (χ4n) is 3.34. The van der Waals surface area contributed by atoms with E-state index in [0.29, 0.717) is 5.56 Å². The van der Waals surface area contributed by atoms with Gasteiger partial charge in [-0.1, -0.05) is 26.2 Å². The minimum atomic E-state index is -0.293. The number of carbonyl (C=O) groups excluding carboxylic acids is 1. The second-order valence-corrected chi connectivity index (χ2v) is 6.68. The third-order valence-electron chi connectivity index (χ3n) is 4.99. The Kier molecular flexibility index (Phi) is 6.66. The zero-order valence-corrected chi connectivity index (χ0v) is 14.7. The fourth-order valence-corrected chi connectivity index (χ4v) is 3.34. The summed E-state index contributed by atoms with van der Waals surface area (Å²) in [6.07, 6.45) is 7.57. The van der Waals surface area contributed by atoms with Gasteiger partial charge in [0.15, 0.2) is 0 Å². The molecule has 0 amide bonds. The molecule has 0 spiro atoms. The molecular formula is C20H27NO3. The molecule has 0 saturated heterocycles. The van der Waals surface area contributed by atoms with E-state index in [1.807, 2.05) is 0 Å². The van der Waals surface area contributed by atoms with Crippen molar-refractivity contribution in [3.63, 3.8) is 0 Å². The van der Waals surface area contributed by atoms with Crippen LogP contribution in [0.5, 0.6) is 5.75 Å². The van der Waals surface area contributed by atoms with E-state index in [1.165, 1.54) is 12.8 Å². The van der Waals surface area contributed by atoms with Gasteiger partial charge in [0.25, 0.3) is 0 Å². The molecule has 0 atom stereocenters. The molecule has 1 aromatic rings. The zero-order valence-electron chi connectivity index (χ0n) is 14.7. The fraction of sp³-hybridized carbons (Fsp3) is 0.600. The first-order chi connectivity index (χ1) is 11.6. The first-order valence-corrected chi connectivity index (χ1v) is 8.89. The lowest BCUT2D eigenvalue weighted by Gasteiger charge is -2.34. The number of unbranched alkanes of at least 4 members (excludes halogenated alkanes) is 2. The molecular weight excluding hydrogens is 302 g/mol. The number of methoxy groups -OCH3 is 1. The summed E-state index contributed by atoms with van der Waals surface area (Å²) in [6.45, 7) is 2.18. The van der Waals surface area contributed by atoms with E-state index < -0.39 is 0 Å². The molecule has 0 bridgehead atoms. The molecule has 0 aliphatic heterocycles. The van der Waals surface area contributed by atoms with Crippen LogP contribution in [0.3, 0.4) is 0 Å². The lowest BCUT2D eigenvalue weighted by Crippen LogP contribution is -2.31. The number of rotatable bonds is 7. The van der Waals surface area contributed by atoms with E-state index >= 15 is 0 Å². The Morgan fingerprint density at radius 3 is 2.46 bits per heavy atom. The minimum Gasteiger partial charge on any atom is -0.497 e. The number of carbonyl (C=O) groups is 1. The Morgan fingerprint density at radius 1 is 1.25 bits per heavy atom. The molecule has 0 heterocycles. The monoisotopic (exact) mass is 329 g/mol. The van der Waals surface area contributed by atoms with E-state index in [0.717, 1.165) is 44.3 Å². The van der Waals surface area contributed by atoms with Crippen molar-refractivity contribution in [3.05, 3.63) is 29.8 Å². The Morgan fingerprint density at radius 2 is 1.92 bits per heavy atom. The van der Waals surface area contributed by atoms with E-state index in [2.05, 4.69) is 13.0 Å². The average molecular weight is 329 g/mol. The summed E-state index contributed by atoms with van der Waals surface area (Å²) in [5.74, 6) is 0.424. The largest absolute Gasteiger partial charge is 0.497 e. The lowest BCUT2D eigenvalue weighted by molar-refractivity contribution is 0.0105. The number of benzene rings is 1. The van der Waals surface area contributed by atoms with Crippen LogP contribution < -0.4 is 4.74 Å². The molecule has 1 fully saturated rings. The van der Waals surface area contributed by atoms with Crippen molar-refractivity contribution in [2.45, 2.75) is 64.4 Å². The summed E-state index contributed by atoms with van der Waals surface area (Å²) in [5.41, 5.74) is 0.328. The highest BCUT2D eigenvalue weighted by Crippen LogP contribution is 2.41. The third-order valence-corrected chi connectivity index (χ3v) is 4.99. The highest BCUT2D eigenvalue weighted by atomic mass is 16.5. The normalized spacial score (nSPS) is 23.3. The number of nitrogens with zero attached hydrogens (tertiary/aromatic N) is 1.